The highest BCUT2D eigenvalue weighted by Gasteiger charge is 2.24. The Kier molecular flexibility index (Phi) is 7.61. The highest BCUT2D eigenvalue weighted by Crippen LogP contribution is 2.28. The van der Waals surface area contributed by atoms with Crippen molar-refractivity contribution in [3.8, 4) is 0 Å². The molecule has 1 aromatic heterocycles. The van der Waals surface area contributed by atoms with Gasteiger partial charge in [-0.1, -0.05) is 17.7 Å². The van der Waals surface area contributed by atoms with Crippen molar-refractivity contribution in [2.75, 3.05) is 45.2 Å². The van der Waals surface area contributed by atoms with Crippen LogP contribution >= 0.6 is 0 Å². The minimum absolute atomic E-state index is 0.0571. The third-order valence-corrected chi connectivity index (χ3v) is 5.23. The number of methoxy groups -OCH3 is 1. The summed E-state index contributed by atoms with van der Waals surface area (Å²) < 4.78 is 4.99. The molecule has 1 amide bonds. The predicted molar refractivity (Wildman–Crippen MR) is 117 cm³/mol. The highest BCUT2D eigenvalue weighted by molar-refractivity contribution is 5.78. The van der Waals surface area contributed by atoms with E-state index in [2.05, 4.69) is 58.9 Å². The van der Waals surface area contributed by atoms with Gasteiger partial charge in [-0.25, -0.2) is 0 Å². The maximum absolute atomic E-state index is 12.1. The van der Waals surface area contributed by atoms with Crippen LogP contribution in [0.25, 0.3) is 0 Å². The van der Waals surface area contributed by atoms with Gasteiger partial charge in [0.25, 0.3) is 0 Å². The van der Waals surface area contributed by atoms with E-state index in [9.17, 15) is 4.79 Å². The van der Waals surface area contributed by atoms with Gasteiger partial charge in [0.2, 0.25) is 5.91 Å². The number of hydrogen-bond donors (Lipinski definition) is 2. The zero-order valence-corrected chi connectivity index (χ0v) is 17.7. The van der Waals surface area contributed by atoms with Crippen LogP contribution in [0, 0.1) is 13.8 Å². The second-order valence-corrected chi connectivity index (χ2v) is 7.83. The number of aryl methyl sites for hydroxylation is 2. The molecular formula is C23H32N4O2. The number of ether oxygens (including phenoxy) is 1. The van der Waals surface area contributed by atoms with Crippen LogP contribution in [0.2, 0.25) is 0 Å². The molecule has 6 nitrogen and oxygen atoms in total. The molecule has 0 radical (unpaired) electrons. The molecule has 3 rings (SSSR count). The number of rotatable bonds is 8. The Bertz CT molecular complexity index is 807. The summed E-state index contributed by atoms with van der Waals surface area (Å²) in [5.41, 5.74) is 5.49. The van der Waals surface area contributed by atoms with Gasteiger partial charge in [-0.2, -0.15) is 0 Å². The van der Waals surface area contributed by atoms with Crippen molar-refractivity contribution in [1.82, 2.24) is 15.2 Å². The lowest BCUT2D eigenvalue weighted by Gasteiger charge is -2.32. The van der Waals surface area contributed by atoms with Crippen molar-refractivity contribution in [1.29, 1.82) is 0 Å². The quantitative estimate of drug-likeness (QED) is 0.670. The molecule has 0 bridgehead atoms. The molecule has 1 fully saturated rings. The van der Waals surface area contributed by atoms with Gasteiger partial charge < -0.3 is 15.4 Å². The number of aromatic nitrogens is 1. The van der Waals surface area contributed by atoms with Crippen LogP contribution in [0.4, 0.5) is 11.4 Å². The molecule has 1 aromatic carbocycles. The smallest absolute Gasteiger partial charge is 0.234 e. The molecule has 2 aromatic rings. The normalized spacial score (nSPS) is 17.1. The van der Waals surface area contributed by atoms with Crippen molar-refractivity contribution < 1.29 is 9.53 Å². The van der Waals surface area contributed by atoms with Crippen molar-refractivity contribution in [3.63, 3.8) is 0 Å². The molecule has 1 aliphatic heterocycles. The second-order valence-electron chi connectivity index (χ2n) is 7.83. The van der Waals surface area contributed by atoms with Gasteiger partial charge in [0, 0.05) is 48.9 Å². The first kappa shape index (κ1) is 21.3. The fraction of sp³-hybridized carbons (Fsp3) is 0.478. The van der Waals surface area contributed by atoms with Gasteiger partial charge in [-0.15, -0.1) is 0 Å². The molecule has 0 spiro atoms. The lowest BCUT2D eigenvalue weighted by molar-refractivity contribution is -0.122. The Morgan fingerprint density at radius 1 is 1.21 bits per heavy atom. The predicted octanol–water partition coefficient (Wildman–Crippen LogP) is 3.38. The number of hydrogen-bond acceptors (Lipinski definition) is 5. The number of nitrogens with zero attached hydrogens (tertiary/aromatic N) is 2. The van der Waals surface area contributed by atoms with E-state index in [1.165, 1.54) is 5.56 Å². The second kappa shape index (κ2) is 10.4. The van der Waals surface area contributed by atoms with Crippen LogP contribution in [0.3, 0.4) is 0 Å². The molecule has 156 valence electrons. The van der Waals surface area contributed by atoms with Crippen LogP contribution in [0.5, 0.6) is 0 Å². The average molecular weight is 397 g/mol. The van der Waals surface area contributed by atoms with E-state index in [-0.39, 0.29) is 5.91 Å². The number of nitrogens with one attached hydrogen (secondary N) is 2. The van der Waals surface area contributed by atoms with Crippen LogP contribution in [-0.2, 0) is 9.53 Å². The number of piperidine rings is 1. The first-order chi connectivity index (χ1) is 14.0. The summed E-state index contributed by atoms with van der Waals surface area (Å²) in [4.78, 5) is 19.2. The first-order valence-corrected chi connectivity index (χ1v) is 10.3. The zero-order valence-electron chi connectivity index (χ0n) is 17.7. The van der Waals surface area contributed by atoms with Gasteiger partial charge in [-0.05, 0) is 57.5 Å². The van der Waals surface area contributed by atoms with Crippen LogP contribution in [0.15, 0.2) is 36.4 Å². The largest absolute Gasteiger partial charge is 0.383 e. The Morgan fingerprint density at radius 3 is 2.76 bits per heavy atom. The minimum atomic E-state index is 0.0571. The Labute approximate surface area is 173 Å². The van der Waals surface area contributed by atoms with Crippen LogP contribution in [0.1, 0.15) is 35.7 Å². The molecule has 6 heteroatoms. The van der Waals surface area contributed by atoms with Crippen molar-refractivity contribution >= 4 is 17.3 Å². The zero-order chi connectivity index (χ0) is 20.6. The standard InChI is InChI=1S/C23H32N4O2/c1-17-6-8-20(9-7-17)26-21-13-18(2)25-22(14-21)19-5-4-11-27(15-19)16-23(28)24-10-12-29-3/h6-9,13-14,19H,4-5,10-12,15-16H2,1-3H3,(H,24,28)(H,25,26). The number of anilines is 2. The Hall–Kier alpha value is -2.44. The van der Waals surface area contributed by atoms with Crippen molar-refractivity contribution in [2.24, 2.45) is 0 Å². The van der Waals surface area contributed by atoms with E-state index < -0.39 is 0 Å². The molecule has 1 aliphatic rings. The number of benzene rings is 1. The number of amides is 1. The lowest BCUT2D eigenvalue weighted by atomic mass is 9.93. The molecular weight excluding hydrogens is 364 g/mol. The van der Waals surface area contributed by atoms with Gasteiger partial charge in [0.15, 0.2) is 0 Å². The van der Waals surface area contributed by atoms with Gasteiger partial charge >= 0.3 is 0 Å². The van der Waals surface area contributed by atoms with E-state index >= 15 is 0 Å². The fourth-order valence-electron chi connectivity index (χ4n) is 3.77. The minimum Gasteiger partial charge on any atom is -0.383 e. The number of pyridine rings is 1. The van der Waals surface area contributed by atoms with Gasteiger partial charge in [-0.3, -0.25) is 14.7 Å². The summed E-state index contributed by atoms with van der Waals surface area (Å²) >= 11 is 0. The van der Waals surface area contributed by atoms with Crippen LogP contribution in [-0.4, -0.2) is 55.7 Å². The molecule has 2 N–H and O–H groups in total. The average Bonchev–Trinajstić information content (AvgIpc) is 2.70. The topological polar surface area (TPSA) is 66.5 Å². The van der Waals surface area contributed by atoms with Gasteiger partial charge in [0.1, 0.15) is 0 Å². The molecule has 1 atom stereocenters. The van der Waals surface area contributed by atoms with Crippen molar-refractivity contribution in [3.05, 3.63) is 53.3 Å². The molecule has 1 saturated heterocycles. The van der Waals surface area contributed by atoms with E-state index in [4.69, 9.17) is 9.72 Å². The third-order valence-electron chi connectivity index (χ3n) is 5.23. The molecule has 0 saturated carbocycles. The van der Waals surface area contributed by atoms with Crippen molar-refractivity contribution in [2.45, 2.75) is 32.6 Å². The number of carbonyl (C=O) groups is 1. The molecule has 29 heavy (non-hydrogen) atoms. The van der Waals surface area contributed by atoms with E-state index in [0.717, 1.165) is 48.7 Å². The maximum atomic E-state index is 12.1. The summed E-state index contributed by atoms with van der Waals surface area (Å²) in [5, 5.41) is 6.40. The number of carbonyl (C=O) groups excluding carboxylic acids is 1. The Morgan fingerprint density at radius 2 is 2.00 bits per heavy atom. The summed E-state index contributed by atoms with van der Waals surface area (Å²) in [7, 11) is 1.64. The van der Waals surface area contributed by atoms with Gasteiger partial charge in [0.05, 0.1) is 13.2 Å². The third kappa shape index (κ3) is 6.54. The summed E-state index contributed by atoms with van der Waals surface area (Å²) in [6.07, 6.45) is 2.18. The Balaban J connectivity index is 1.63. The maximum Gasteiger partial charge on any atom is 0.234 e. The van der Waals surface area contributed by atoms with E-state index in [1.807, 2.05) is 6.92 Å². The van der Waals surface area contributed by atoms with E-state index in [0.29, 0.717) is 25.6 Å². The fourth-order valence-corrected chi connectivity index (χ4v) is 3.77. The van der Waals surface area contributed by atoms with Crippen LogP contribution < -0.4 is 10.6 Å². The molecule has 1 unspecified atom stereocenters. The SMILES string of the molecule is COCCNC(=O)CN1CCCC(c2cc(Nc3ccc(C)cc3)cc(C)n2)C1. The molecule has 2 heterocycles. The summed E-state index contributed by atoms with van der Waals surface area (Å²) in [6, 6.07) is 12.6. The van der Waals surface area contributed by atoms with E-state index in [1.54, 1.807) is 7.11 Å². The lowest BCUT2D eigenvalue weighted by Crippen LogP contribution is -2.42. The number of likely N-dealkylation sites (tertiary alicyclic amines) is 1. The first-order valence-electron chi connectivity index (χ1n) is 10.3. The summed E-state index contributed by atoms with van der Waals surface area (Å²) in [5.74, 6) is 0.399. The summed E-state index contributed by atoms with van der Waals surface area (Å²) in [6.45, 7) is 7.46. The monoisotopic (exact) mass is 396 g/mol. The highest BCUT2D eigenvalue weighted by atomic mass is 16.5. The molecule has 0 aliphatic carbocycles.